The Morgan fingerprint density at radius 2 is 1.62 bits per heavy atom. The Labute approximate surface area is 141 Å². The number of nitrogens with one attached hydrogen (secondary N) is 1. The van der Waals surface area contributed by atoms with Crippen molar-refractivity contribution in [1.82, 2.24) is 4.72 Å². The summed E-state index contributed by atoms with van der Waals surface area (Å²) < 4.78 is 27.0. The third-order valence-electron chi connectivity index (χ3n) is 3.92. The van der Waals surface area contributed by atoms with E-state index >= 15 is 0 Å². The number of benzene rings is 3. The maximum Gasteiger partial charge on any atom is 0.242 e. The zero-order valence-corrected chi connectivity index (χ0v) is 14.1. The lowest BCUT2D eigenvalue weighted by molar-refractivity contribution is 0.164. The zero-order chi connectivity index (χ0) is 17.2. The molecule has 0 saturated carbocycles. The Balaban J connectivity index is 1.79. The molecule has 4 nitrogen and oxygen atoms in total. The van der Waals surface area contributed by atoms with Crippen LogP contribution in [0.25, 0.3) is 10.8 Å². The molecular weight excluding hydrogens is 322 g/mol. The van der Waals surface area contributed by atoms with Crippen molar-refractivity contribution < 1.29 is 13.5 Å². The van der Waals surface area contributed by atoms with Gasteiger partial charge in [0.2, 0.25) is 10.0 Å². The van der Waals surface area contributed by atoms with Gasteiger partial charge in [-0.15, -0.1) is 0 Å². The molecule has 2 N–H and O–H groups in total. The van der Waals surface area contributed by atoms with Crippen molar-refractivity contribution in [2.45, 2.75) is 24.5 Å². The average Bonchev–Trinajstić information content (AvgIpc) is 2.55. The van der Waals surface area contributed by atoms with Crippen LogP contribution in [0, 0.1) is 6.92 Å². The van der Waals surface area contributed by atoms with E-state index in [0.717, 1.165) is 21.9 Å². The van der Waals surface area contributed by atoms with E-state index in [1.165, 1.54) is 12.1 Å². The SMILES string of the molecule is Cc1ccc(S(=O)(=O)NC(O)Cc2cccc3ccccc23)cc1. The number of rotatable bonds is 5. The highest BCUT2D eigenvalue weighted by atomic mass is 32.2. The summed E-state index contributed by atoms with van der Waals surface area (Å²) in [7, 11) is -3.75. The molecule has 0 spiro atoms. The first-order valence-corrected chi connectivity index (χ1v) is 9.18. The molecule has 0 aliphatic rings. The number of aliphatic hydroxyl groups excluding tert-OH is 1. The van der Waals surface area contributed by atoms with Crippen molar-refractivity contribution in [2.75, 3.05) is 0 Å². The van der Waals surface area contributed by atoms with E-state index in [1.807, 2.05) is 49.4 Å². The maximum atomic E-state index is 12.3. The van der Waals surface area contributed by atoms with E-state index < -0.39 is 16.3 Å². The van der Waals surface area contributed by atoms with Crippen molar-refractivity contribution in [2.24, 2.45) is 0 Å². The van der Waals surface area contributed by atoms with Gasteiger partial charge in [0, 0.05) is 6.42 Å². The number of aliphatic hydroxyl groups is 1. The Morgan fingerprint density at radius 1 is 0.958 bits per heavy atom. The lowest BCUT2D eigenvalue weighted by atomic mass is 10.0. The first-order valence-electron chi connectivity index (χ1n) is 7.69. The summed E-state index contributed by atoms with van der Waals surface area (Å²) in [6, 6.07) is 20.1. The highest BCUT2D eigenvalue weighted by Gasteiger charge is 2.19. The fourth-order valence-corrected chi connectivity index (χ4v) is 3.76. The molecule has 3 aromatic carbocycles. The third kappa shape index (κ3) is 3.64. The molecule has 1 unspecified atom stereocenters. The Bertz CT molecular complexity index is 945. The molecule has 0 amide bonds. The van der Waals surface area contributed by atoms with Crippen LogP contribution in [-0.4, -0.2) is 19.8 Å². The maximum absolute atomic E-state index is 12.3. The molecule has 0 bridgehead atoms. The number of hydrogen-bond donors (Lipinski definition) is 2. The molecule has 5 heteroatoms. The standard InChI is InChI=1S/C19H19NO3S/c1-14-9-11-17(12-10-14)24(22,23)20-19(21)13-16-7-4-6-15-5-2-3-8-18(15)16/h2-12,19-21H,13H2,1H3. The predicted molar refractivity (Wildman–Crippen MR) is 95.2 cm³/mol. The molecule has 3 rings (SSSR count). The van der Waals surface area contributed by atoms with E-state index in [0.29, 0.717) is 0 Å². The normalized spacial score (nSPS) is 13.1. The van der Waals surface area contributed by atoms with Crippen molar-refractivity contribution in [3.63, 3.8) is 0 Å². The molecule has 0 saturated heterocycles. The van der Waals surface area contributed by atoms with Crippen molar-refractivity contribution in [3.05, 3.63) is 77.9 Å². The molecule has 1 atom stereocenters. The molecular formula is C19H19NO3S. The molecule has 0 aliphatic carbocycles. The van der Waals surface area contributed by atoms with Gasteiger partial charge >= 0.3 is 0 Å². The smallest absolute Gasteiger partial charge is 0.242 e. The minimum atomic E-state index is -3.75. The summed E-state index contributed by atoms with van der Waals surface area (Å²) in [6.45, 7) is 1.89. The van der Waals surface area contributed by atoms with Gasteiger partial charge in [-0.3, -0.25) is 0 Å². The Morgan fingerprint density at radius 3 is 2.38 bits per heavy atom. The topological polar surface area (TPSA) is 66.4 Å². The summed E-state index contributed by atoms with van der Waals surface area (Å²) in [6.07, 6.45) is -0.992. The van der Waals surface area contributed by atoms with Gasteiger partial charge in [0.1, 0.15) is 6.23 Å². The molecule has 0 fully saturated rings. The number of aryl methyl sites for hydroxylation is 1. The summed E-state index contributed by atoms with van der Waals surface area (Å²) in [5, 5.41) is 12.3. The van der Waals surface area contributed by atoms with Gasteiger partial charge in [0.05, 0.1) is 4.90 Å². The van der Waals surface area contributed by atoms with E-state index in [2.05, 4.69) is 4.72 Å². The summed E-state index contributed by atoms with van der Waals surface area (Å²) in [5.41, 5.74) is 1.87. The number of sulfonamides is 1. The summed E-state index contributed by atoms with van der Waals surface area (Å²) >= 11 is 0. The van der Waals surface area contributed by atoms with Crippen molar-refractivity contribution in [3.8, 4) is 0 Å². The van der Waals surface area contributed by atoms with Crippen LogP contribution in [0.3, 0.4) is 0 Å². The molecule has 124 valence electrons. The summed E-state index contributed by atoms with van der Waals surface area (Å²) in [4.78, 5) is 0.144. The molecule has 0 radical (unpaired) electrons. The van der Waals surface area contributed by atoms with Gasteiger partial charge in [0.15, 0.2) is 0 Å². The van der Waals surface area contributed by atoms with E-state index in [-0.39, 0.29) is 11.3 Å². The van der Waals surface area contributed by atoms with Gasteiger partial charge in [-0.2, -0.15) is 4.72 Å². The highest BCUT2D eigenvalue weighted by molar-refractivity contribution is 7.89. The van der Waals surface area contributed by atoms with Crippen molar-refractivity contribution in [1.29, 1.82) is 0 Å². The Hall–Kier alpha value is -2.21. The zero-order valence-electron chi connectivity index (χ0n) is 13.3. The van der Waals surface area contributed by atoms with E-state index in [1.54, 1.807) is 12.1 Å². The quantitative estimate of drug-likeness (QED) is 0.701. The molecule has 0 heterocycles. The molecule has 0 aliphatic heterocycles. The lowest BCUT2D eigenvalue weighted by Crippen LogP contribution is -2.36. The second kappa shape index (κ2) is 6.73. The van der Waals surface area contributed by atoms with Crippen LogP contribution in [0.1, 0.15) is 11.1 Å². The van der Waals surface area contributed by atoms with Crippen LogP contribution in [-0.2, 0) is 16.4 Å². The number of hydrogen-bond acceptors (Lipinski definition) is 3. The fourth-order valence-electron chi connectivity index (χ4n) is 2.69. The Kier molecular flexibility index (Phi) is 4.66. The van der Waals surface area contributed by atoms with Crippen LogP contribution in [0.4, 0.5) is 0 Å². The highest BCUT2D eigenvalue weighted by Crippen LogP contribution is 2.20. The monoisotopic (exact) mass is 341 g/mol. The minimum Gasteiger partial charge on any atom is -0.377 e. The van der Waals surface area contributed by atoms with Gasteiger partial charge < -0.3 is 5.11 Å². The van der Waals surface area contributed by atoms with Crippen molar-refractivity contribution >= 4 is 20.8 Å². The first kappa shape index (κ1) is 16.6. The van der Waals surface area contributed by atoms with Crippen LogP contribution >= 0.6 is 0 Å². The number of fused-ring (bicyclic) bond motifs is 1. The van der Waals surface area contributed by atoms with Crippen LogP contribution in [0.5, 0.6) is 0 Å². The second-order valence-corrected chi connectivity index (χ2v) is 7.51. The second-order valence-electron chi connectivity index (χ2n) is 5.79. The largest absolute Gasteiger partial charge is 0.377 e. The predicted octanol–water partition coefficient (Wildman–Crippen LogP) is 2.99. The van der Waals surface area contributed by atoms with Gasteiger partial charge in [-0.25, -0.2) is 8.42 Å². The van der Waals surface area contributed by atoms with Crippen LogP contribution in [0.2, 0.25) is 0 Å². The fraction of sp³-hybridized carbons (Fsp3) is 0.158. The lowest BCUT2D eigenvalue weighted by Gasteiger charge is -2.15. The van der Waals surface area contributed by atoms with E-state index in [4.69, 9.17) is 0 Å². The first-order chi connectivity index (χ1) is 11.5. The van der Waals surface area contributed by atoms with Crippen LogP contribution in [0.15, 0.2) is 71.6 Å². The minimum absolute atomic E-state index is 0.144. The van der Waals surface area contributed by atoms with Gasteiger partial charge in [-0.05, 0) is 35.4 Å². The molecule has 0 aromatic heterocycles. The molecule has 24 heavy (non-hydrogen) atoms. The van der Waals surface area contributed by atoms with Gasteiger partial charge in [0.25, 0.3) is 0 Å². The molecule has 3 aromatic rings. The average molecular weight is 341 g/mol. The van der Waals surface area contributed by atoms with Gasteiger partial charge in [-0.1, -0.05) is 60.2 Å². The van der Waals surface area contributed by atoms with Crippen LogP contribution < -0.4 is 4.72 Å². The van der Waals surface area contributed by atoms with E-state index in [9.17, 15) is 13.5 Å². The summed E-state index contributed by atoms with van der Waals surface area (Å²) in [5.74, 6) is 0. The third-order valence-corrected chi connectivity index (χ3v) is 5.39.